The van der Waals surface area contributed by atoms with Gasteiger partial charge in [0, 0.05) is 16.2 Å². The van der Waals surface area contributed by atoms with Crippen LogP contribution in [0.15, 0.2) is 46.9 Å². The summed E-state index contributed by atoms with van der Waals surface area (Å²) in [6.45, 7) is 6.42. The van der Waals surface area contributed by atoms with E-state index in [2.05, 4.69) is 78.4 Å². The molecule has 0 amide bonds. The monoisotopic (exact) mass is 303 g/mol. The van der Waals surface area contributed by atoms with Gasteiger partial charge in [-0.25, -0.2) is 0 Å². The highest BCUT2D eigenvalue weighted by Gasteiger charge is 2.07. The first kappa shape index (κ1) is 13.2. The third-order valence-corrected chi connectivity index (χ3v) is 4.37. The van der Waals surface area contributed by atoms with Gasteiger partial charge in [0.05, 0.1) is 0 Å². The first-order valence-corrected chi connectivity index (χ1v) is 6.95. The maximum absolute atomic E-state index is 3.60. The fourth-order valence-electron chi connectivity index (χ4n) is 2.10. The van der Waals surface area contributed by atoms with Gasteiger partial charge in [-0.15, -0.1) is 0 Å². The Labute approximate surface area is 117 Å². The summed E-state index contributed by atoms with van der Waals surface area (Å²) in [6.07, 6.45) is 0. The van der Waals surface area contributed by atoms with E-state index < -0.39 is 0 Å². The van der Waals surface area contributed by atoms with Crippen LogP contribution in [0.4, 0.5) is 5.69 Å². The minimum atomic E-state index is 0.311. The SMILES string of the molecule is Cc1cc(NC(C)c2ccccc2)cc(C)c1Br. The molecule has 94 valence electrons. The summed E-state index contributed by atoms with van der Waals surface area (Å²) in [5.41, 5.74) is 5.00. The second-order valence-corrected chi connectivity index (χ2v) is 5.49. The third-order valence-electron chi connectivity index (χ3n) is 3.12. The summed E-state index contributed by atoms with van der Waals surface area (Å²) in [5.74, 6) is 0. The summed E-state index contributed by atoms with van der Waals surface area (Å²) in [5, 5.41) is 3.55. The summed E-state index contributed by atoms with van der Waals surface area (Å²) in [7, 11) is 0. The fourth-order valence-corrected chi connectivity index (χ4v) is 2.33. The van der Waals surface area contributed by atoms with Gasteiger partial charge in [0.2, 0.25) is 0 Å². The standard InChI is InChI=1S/C16H18BrN/c1-11-9-15(10-12(2)16(11)17)18-13(3)14-7-5-4-6-8-14/h4-10,13,18H,1-3H3. The number of nitrogens with one attached hydrogen (secondary N) is 1. The molecule has 2 aromatic rings. The molecule has 0 fully saturated rings. The van der Waals surface area contributed by atoms with Crippen molar-refractivity contribution in [2.75, 3.05) is 5.32 Å². The van der Waals surface area contributed by atoms with E-state index in [9.17, 15) is 0 Å². The van der Waals surface area contributed by atoms with E-state index >= 15 is 0 Å². The molecule has 1 N–H and O–H groups in total. The van der Waals surface area contributed by atoms with Gasteiger partial charge < -0.3 is 5.32 Å². The average Bonchev–Trinajstić information content (AvgIpc) is 2.37. The first-order chi connectivity index (χ1) is 8.58. The van der Waals surface area contributed by atoms with Gasteiger partial charge in [0.1, 0.15) is 0 Å². The predicted molar refractivity (Wildman–Crippen MR) is 82.1 cm³/mol. The Morgan fingerprint density at radius 3 is 2.11 bits per heavy atom. The molecule has 0 bridgehead atoms. The zero-order valence-electron chi connectivity index (χ0n) is 11.0. The molecule has 0 aliphatic rings. The van der Waals surface area contributed by atoms with Gasteiger partial charge in [0.25, 0.3) is 0 Å². The van der Waals surface area contributed by atoms with Crippen molar-refractivity contribution in [3.63, 3.8) is 0 Å². The molecule has 0 saturated heterocycles. The summed E-state index contributed by atoms with van der Waals surface area (Å²) in [4.78, 5) is 0. The summed E-state index contributed by atoms with van der Waals surface area (Å²) >= 11 is 3.60. The topological polar surface area (TPSA) is 12.0 Å². The zero-order chi connectivity index (χ0) is 13.1. The van der Waals surface area contributed by atoms with E-state index in [-0.39, 0.29) is 0 Å². The van der Waals surface area contributed by atoms with E-state index in [4.69, 9.17) is 0 Å². The van der Waals surface area contributed by atoms with E-state index in [1.54, 1.807) is 0 Å². The van der Waals surface area contributed by atoms with Crippen LogP contribution in [0, 0.1) is 13.8 Å². The lowest BCUT2D eigenvalue weighted by Gasteiger charge is -2.17. The van der Waals surface area contributed by atoms with Crippen molar-refractivity contribution >= 4 is 21.6 Å². The normalized spacial score (nSPS) is 12.2. The van der Waals surface area contributed by atoms with E-state index in [0.29, 0.717) is 6.04 Å². The Balaban J connectivity index is 2.20. The van der Waals surface area contributed by atoms with Crippen LogP contribution in [0.25, 0.3) is 0 Å². The predicted octanol–water partition coefficient (Wildman–Crippen LogP) is 5.24. The second-order valence-electron chi connectivity index (χ2n) is 4.70. The van der Waals surface area contributed by atoms with Crippen molar-refractivity contribution in [2.24, 2.45) is 0 Å². The molecule has 1 unspecified atom stereocenters. The Bertz CT molecular complexity index is 511. The largest absolute Gasteiger partial charge is 0.379 e. The highest BCUT2D eigenvalue weighted by Crippen LogP contribution is 2.27. The number of anilines is 1. The van der Waals surface area contributed by atoms with Crippen LogP contribution in [0.2, 0.25) is 0 Å². The Morgan fingerprint density at radius 1 is 1.00 bits per heavy atom. The van der Waals surface area contributed by atoms with Crippen molar-refractivity contribution in [1.82, 2.24) is 0 Å². The molecule has 0 radical (unpaired) electrons. The number of aryl methyl sites for hydroxylation is 2. The number of hydrogen-bond donors (Lipinski definition) is 1. The lowest BCUT2D eigenvalue weighted by molar-refractivity contribution is 0.884. The lowest BCUT2D eigenvalue weighted by atomic mass is 10.1. The maximum Gasteiger partial charge on any atom is 0.0485 e. The average molecular weight is 304 g/mol. The maximum atomic E-state index is 3.60. The van der Waals surface area contributed by atoms with E-state index in [0.717, 1.165) is 0 Å². The smallest absolute Gasteiger partial charge is 0.0485 e. The van der Waals surface area contributed by atoms with Crippen LogP contribution in [0.5, 0.6) is 0 Å². The molecule has 1 nitrogen and oxygen atoms in total. The van der Waals surface area contributed by atoms with Crippen molar-refractivity contribution in [2.45, 2.75) is 26.8 Å². The van der Waals surface area contributed by atoms with Gasteiger partial charge in [-0.3, -0.25) is 0 Å². The van der Waals surface area contributed by atoms with Gasteiger partial charge in [-0.05, 0) is 49.6 Å². The van der Waals surface area contributed by atoms with Crippen LogP contribution in [0.1, 0.15) is 29.7 Å². The molecule has 2 heteroatoms. The van der Waals surface area contributed by atoms with E-state index in [1.807, 2.05) is 6.07 Å². The van der Waals surface area contributed by atoms with Crippen molar-refractivity contribution in [3.8, 4) is 0 Å². The van der Waals surface area contributed by atoms with Crippen LogP contribution >= 0.6 is 15.9 Å². The Hall–Kier alpha value is -1.28. The molecule has 1 atom stereocenters. The number of hydrogen-bond acceptors (Lipinski definition) is 1. The third kappa shape index (κ3) is 2.94. The summed E-state index contributed by atoms with van der Waals surface area (Å²) < 4.78 is 1.19. The molecule has 0 spiro atoms. The molecule has 0 heterocycles. The summed E-state index contributed by atoms with van der Waals surface area (Å²) in [6, 6.07) is 15.2. The van der Waals surface area contributed by atoms with Crippen LogP contribution < -0.4 is 5.32 Å². The molecule has 2 rings (SSSR count). The highest BCUT2D eigenvalue weighted by molar-refractivity contribution is 9.10. The Kier molecular flexibility index (Phi) is 4.07. The van der Waals surface area contributed by atoms with Crippen molar-refractivity contribution in [3.05, 3.63) is 63.6 Å². The minimum absolute atomic E-state index is 0.311. The Morgan fingerprint density at radius 2 is 1.56 bits per heavy atom. The van der Waals surface area contributed by atoms with Gasteiger partial charge in [-0.1, -0.05) is 46.3 Å². The van der Waals surface area contributed by atoms with Crippen LogP contribution in [0.3, 0.4) is 0 Å². The van der Waals surface area contributed by atoms with Crippen LogP contribution in [-0.4, -0.2) is 0 Å². The van der Waals surface area contributed by atoms with Crippen molar-refractivity contribution in [1.29, 1.82) is 0 Å². The molecule has 0 aromatic heterocycles. The van der Waals surface area contributed by atoms with Gasteiger partial charge in [-0.2, -0.15) is 0 Å². The van der Waals surface area contributed by atoms with E-state index in [1.165, 1.54) is 26.9 Å². The van der Waals surface area contributed by atoms with Gasteiger partial charge in [0.15, 0.2) is 0 Å². The molecule has 2 aromatic carbocycles. The lowest BCUT2D eigenvalue weighted by Crippen LogP contribution is -2.06. The molecule has 18 heavy (non-hydrogen) atoms. The molecule has 0 aliphatic carbocycles. The minimum Gasteiger partial charge on any atom is -0.379 e. The number of rotatable bonds is 3. The van der Waals surface area contributed by atoms with Crippen molar-refractivity contribution < 1.29 is 0 Å². The second kappa shape index (κ2) is 5.57. The van der Waals surface area contributed by atoms with Crippen LogP contribution in [-0.2, 0) is 0 Å². The number of halogens is 1. The highest BCUT2D eigenvalue weighted by atomic mass is 79.9. The molecule has 0 saturated carbocycles. The quantitative estimate of drug-likeness (QED) is 0.817. The molecule has 0 aliphatic heterocycles. The first-order valence-electron chi connectivity index (χ1n) is 6.16. The molecular weight excluding hydrogens is 286 g/mol. The van der Waals surface area contributed by atoms with Gasteiger partial charge >= 0.3 is 0 Å². The molecular formula is C16H18BrN. The fraction of sp³-hybridized carbons (Fsp3) is 0.250. The number of benzene rings is 2. The zero-order valence-corrected chi connectivity index (χ0v) is 12.6.